The summed E-state index contributed by atoms with van der Waals surface area (Å²) in [5.41, 5.74) is 0. The summed E-state index contributed by atoms with van der Waals surface area (Å²) in [7, 11) is 0. The summed E-state index contributed by atoms with van der Waals surface area (Å²) in [5, 5.41) is 0. The van der Waals surface area contributed by atoms with Gasteiger partial charge in [-0.2, -0.15) is 0 Å². The number of esters is 3. The second kappa shape index (κ2) is 68.8. The third-order valence-corrected chi connectivity index (χ3v) is 15.0. The molecule has 6 nitrogen and oxygen atoms in total. The first-order valence-electron chi connectivity index (χ1n) is 34.7. The Balaban J connectivity index is 4.24. The van der Waals surface area contributed by atoms with E-state index in [0.717, 1.165) is 109 Å². The number of hydrogen-bond acceptors (Lipinski definition) is 6. The van der Waals surface area contributed by atoms with Gasteiger partial charge in [0.05, 0.1) is 0 Å². The van der Waals surface area contributed by atoms with Crippen LogP contribution in [0.1, 0.15) is 342 Å². The first-order chi connectivity index (χ1) is 40.0. The van der Waals surface area contributed by atoms with Gasteiger partial charge in [0.2, 0.25) is 0 Å². The van der Waals surface area contributed by atoms with Crippen molar-refractivity contribution in [3.8, 4) is 0 Å². The summed E-state index contributed by atoms with van der Waals surface area (Å²) >= 11 is 0. The molecule has 466 valence electrons. The van der Waals surface area contributed by atoms with Crippen LogP contribution in [0, 0.1) is 0 Å². The van der Waals surface area contributed by atoms with Gasteiger partial charge in [0.25, 0.3) is 0 Å². The molecule has 0 aromatic heterocycles. The lowest BCUT2D eigenvalue weighted by Gasteiger charge is -2.18. The standard InChI is InChI=1S/C75H130O6/c1-4-7-10-13-16-19-22-25-27-29-31-32-33-34-35-36-37-38-39-40-41-42-44-45-47-50-53-56-59-62-65-68-74(77)80-71-72(70-79-73(76)67-64-61-58-55-52-49-24-21-18-15-12-9-6-3)81-75(78)69-66-63-60-57-54-51-48-46-43-30-28-26-23-20-17-14-11-8-5-2/h8,11,17,20-22,24-26,28-29,31,43,46,51,54,72H,4-7,9-10,12-16,18-19,23,27,30,32-42,44-45,47-50,52-53,55-71H2,1-3H3/b11-8-,20-17-,24-21-,25-22-,28-26-,31-29-,46-43-,54-51-. The maximum atomic E-state index is 12.9. The maximum Gasteiger partial charge on any atom is 0.306 e. The van der Waals surface area contributed by atoms with Crippen molar-refractivity contribution in [1.29, 1.82) is 0 Å². The first-order valence-corrected chi connectivity index (χ1v) is 34.7. The van der Waals surface area contributed by atoms with Crippen LogP contribution < -0.4 is 0 Å². The largest absolute Gasteiger partial charge is 0.462 e. The van der Waals surface area contributed by atoms with E-state index in [1.54, 1.807) is 0 Å². The summed E-state index contributed by atoms with van der Waals surface area (Å²) in [6.07, 6.45) is 93.0. The van der Waals surface area contributed by atoms with E-state index >= 15 is 0 Å². The van der Waals surface area contributed by atoms with Crippen molar-refractivity contribution in [2.75, 3.05) is 13.2 Å². The Bertz CT molecular complexity index is 1580. The Morgan fingerprint density at radius 3 is 0.790 bits per heavy atom. The quantitative estimate of drug-likeness (QED) is 0.0261. The zero-order chi connectivity index (χ0) is 58.5. The van der Waals surface area contributed by atoms with Crippen molar-refractivity contribution in [1.82, 2.24) is 0 Å². The van der Waals surface area contributed by atoms with Gasteiger partial charge >= 0.3 is 17.9 Å². The van der Waals surface area contributed by atoms with Crippen molar-refractivity contribution in [3.05, 3.63) is 97.2 Å². The zero-order valence-corrected chi connectivity index (χ0v) is 53.5. The topological polar surface area (TPSA) is 78.9 Å². The molecule has 0 amide bonds. The number of ether oxygens (including phenoxy) is 3. The highest BCUT2D eigenvalue weighted by atomic mass is 16.6. The van der Waals surface area contributed by atoms with Gasteiger partial charge in [0, 0.05) is 19.3 Å². The summed E-state index contributed by atoms with van der Waals surface area (Å²) < 4.78 is 16.9. The first kappa shape index (κ1) is 77.3. The van der Waals surface area contributed by atoms with Crippen molar-refractivity contribution in [2.45, 2.75) is 348 Å². The highest BCUT2D eigenvalue weighted by Gasteiger charge is 2.19. The van der Waals surface area contributed by atoms with Crippen molar-refractivity contribution >= 4 is 17.9 Å². The van der Waals surface area contributed by atoms with E-state index in [2.05, 4.69) is 118 Å². The SMILES string of the molecule is CC/C=C\C/C=C\C/C=C\C/C=C\C/C=C\CCCCCC(=O)OC(COC(=O)CCCCCCC/C=C\CCCCCC)COC(=O)CCCCCCCCCCCCCCCCCCCCC/C=C\C/C=C\CCCCCCC. The average molecular weight is 1130 g/mol. The van der Waals surface area contributed by atoms with E-state index in [1.807, 2.05) is 0 Å². The molecule has 0 saturated carbocycles. The molecule has 0 bridgehead atoms. The van der Waals surface area contributed by atoms with E-state index in [-0.39, 0.29) is 37.5 Å². The zero-order valence-electron chi connectivity index (χ0n) is 53.5. The Morgan fingerprint density at radius 2 is 0.481 bits per heavy atom. The fraction of sp³-hybridized carbons (Fsp3) is 0.747. The van der Waals surface area contributed by atoms with E-state index in [1.165, 1.54) is 193 Å². The highest BCUT2D eigenvalue weighted by molar-refractivity contribution is 5.71. The van der Waals surface area contributed by atoms with E-state index in [4.69, 9.17) is 14.2 Å². The summed E-state index contributed by atoms with van der Waals surface area (Å²) in [6.45, 7) is 6.50. The van der Waals surface area contributed by atoms with Gasteiger partial charge in [-0.15, -0.1) is 0 Å². The van der Waals surface area contributed by atoms with Gasteiger partial charge in [-0.25, -0.2) is 0 Å². The predicted octanol–water partition coefficient (Wildman–Crippen LogP) is 24.0. The Kier molecular flexibility index (Phi) is 65.7. The molecule has 0 aliphatic carbocycles. The van der Waals surface area contributed by atoms with E-state index < -0.39 is 6.10 Å². The van der Waals surface area contributed by atoms with Crippen LogP contribution in [0.5, 0.6) is 0 Å². The van der Waals surface area contributed by atoms with Gasteiger partial charge in [0.15, 0.2) is 6.10 Å². The van der Waals surface area contributed by atoms with Gasteiger partial charge < -0.3 is 14.2 Å². The van der Waals surface area contributed by atoms with Crippen LogP contribution in [0.3, 0.4) is 0 Å². The van der Waals surface area contributed by atoms with Crippen LogP contribution in [0.25, 0.3) is 0 Å². The smallest absolute Gasteiger partial charge is 0.306 e. The fourth-order valence-corrected chi connectivity index (χ4v) is 9.85. The number of rotatable bonds is 63. The molecule has 0 spiro atoms. The van der Waals surface area contributed by atoms with Gasteiger partial charge in [-0.05, 0) is 122 Å². The monoisotopic (exact) mass is 1130 g/mol. The molecule has 0 radical (unpaired) electrons. The van der Waals surface area contributed by atoms with Crippen LogP contribution in [0.15, 0.2) is 97.2 Å². The summed E-state index contributed by atoms with van der Waals surface area (Å²) in [4.78, 5) is 38.3. The van der Waals surface area contributed by atoms with Crippen molar-refractivity contribution < 1.29 is 28.6 Å². The molecule has 81 heavy (non-hydrogen) atoms. The average Bonchev–Trinajstić information content (AvgIpc) is 3.46. The molecule has 1 atom stereocenters. The lowest BCUT2D eigenvalue weighted by Crippen LogP contribution is -2.30. The minimum atomic E-state index is -0.799. The molecular weight excluding hydrogens is 997 g/mol. The maximum absolute atomic E-state index is 12.9. The summed E-state index contributed by atoms with van der Waals surface area (Å²) in [5.74, 6) is -0.920. The third kappa shape index (κ3) is 67.0. The summed E-state index contributed by atoms with van der Waals surface area (Å²) in [6, 6.07) is 0. The second-order valence-electron chi connectivity index (χ2n) is 23.1. The van der Waals surface area contributed by atoms with Gasteiger partial charge in [-0.3, -0.25) is 14.4 Å². The van der Waals surface area contributed by atoms with Gasteiger partial charge in [-0.1, -0.05) is 298 Å². The normalized spacial score (nSPS) is 12.7. The predicted molar refractivity (Wildman–Crippen MR) is 353 cm³/mol. The van der Waals surface area contributed by atoms with E-state index in [0.29, 0.717) is 12.8 Å². The van der Waals surface area contributed by atoms with Crippen LogP contribution in [0.4, 0.5) is 0 Å². The van der Waals surface area contributed by atoms with Crippen LogP contribution >= 0.6 is 0 Å². The molecule has 0 aromatic rings. The molecular formula is C75H130O6. The number of carbonyl (C=O) groups excluding carboxylic acids is 3. The lowest BCUT2D eigenvalue weighted by molar-refractivity contribution is -0.167. The number of hydrogen-bond donors (Lipinski definition) is 0. The highest BCUT2D eigenvalue weighted by Crippen LogP contribution is 2.17. The van der Waals surface area contributed by atoms with Crippen molar-refractivity contribution in [3.63, 3.8) is 0 Å². The molecule has 0 aliphatic rings. The van der Waals surface area contributed by atoms with E-state index in [9.17, 15) is 14.4 Å². The Hall–Kier alpha value is -3.67. The molecule has 0 fully saturated rings. The van der Waals surface area contributed by atoms with Crippen molar-refractivity contribution in [2.24, 2.45) is 0 Å². The molecule has 1 unspecified atom stereocenters. The lowest BCUT2D eigenvalue weighted by atomic mass is 10.0. The Labute approximate surface area is 502 Å². The molecule has 0 heterocycles. The number of unbranched alkanes of at least 4 members (excludes halogenated alkanes) is 36. The molecule has 6 heteroatoms. The molecule has 0 N–H and O–H groups in total. The molecule has 0 rings (SSSR count). The molecule has 0 saturated heterocycles. The number of allylic oxidation sites excluding steroid dienone is 16. The minimum Gasteiger partial charge on any atom is -0.462 e. The van der Waals surface area contributed by atoms with Gasteiger partial charge in [0.1, 0.15) is 13.2 Å². The van der Waals surface area contributed by atoms with Crippen LogP contribution in [0.2, 0.25) is 0 Å². The fourth-order valence-electron chi connectivity index (χ4n) is 9.85. The third-order valence-electron chi connectivity index (χ3n) is 15.0. The molecule has 0 aliphatic heterocycles. The minimum absolute atomic E-state index is 0.0913. The van der Waals surface area contributed by atoms with Crippen LogP contribution in [-0.2, 0) is 28.6 Å². The number of carbonyl (C=O) groups is 3. The Morgan fingerprint density at radius 1 is 0.259 bits per heavy atom. The second-order valence-corrected chi connectivity index (χ2v) is 23.1. The molecule has 0 aromatic carbocycles. The van der Waals surface area contributed by atoms with Crippen LogP contribution in [-0.4, -0.2) is 37.2 Å².